The zero-order valence-corrected chi connectivity index (χ0v) is 6.44. The summed E-state index contributed by atoms with van der Waals surface area (Å²) in [5.41, 5.74) is 0. The van der Waals surface area contributed by atoms with Crippen molar-refractivity contribution in [3.8, 4) is 0 Å². The molecule has 0 nitrogen and oxygen atoms in total. The van der Waals surface area contributed by atoms with Gasteiger partial charge in [0.05, 0.1) is 0 Å². The van der Waals surface area contributed by atoms with Crippen LogP contribution in [-0.2, 0) is 17.4 Å². The molecule has 0 aromatic heterocycles. The Morgan fingerprint density at radius 2 is 1.67 bits per heavy atom. The second kappa shape index (κ2) is 5.13. The van der Waals surface area contributed by atoms with Crippen LogP contribution >= 0.6 is 0 Å². The molecule has 0 aliphatic heterocycles. The number of hydrogen-bond acceptors (Lipinski definition) is 0. The van der Waals surface area contributed by atoms with Gasteiger partial charge in [-0.3, -0.25) is 0 Å². The molecule has 0 bridgehead atoms. The van der Waals surface area contributed by atoms with Gasteiger partial charge in [-0.2, -0.15) is 13.2 Å². The van der Waals surface area contributed by atoms with Gasteiger partial charge >= 0.3 is 6.18 Å². The molecule has 56 valence electrons. The molecule has 4 heteroatoms. The van der Waals surface area contributed by atoms with Crippen molar-refractivity contribution < 1.29 is 30.5 Å². The van der Waals surface area contributed by atoms with E-state index in [1.54, 1.807) is 6.92 Å². The Hall–Kier alpha value is 0.322. The Morgan fingerprint density at radius 1 is 1.22 bits per heavy atom. The molecule has 9 heavy (non-hydrogen) atoms. The first-order valence-electron chi connectivity index (χ1n) is 2.63. The van der Waals surface area contributed by atoms with Gasteiger partial charge in [-0.15, -0.1) is 0 Å². The van der Waals surface area contributed by atoms with Crippen molar-refractivity contribution in [2.45, 2.75) is 32.4 Å². The third-order valence-electron chi connectivity index (χ3n) is 0.814. The molecule has 0 unspecified atom stereocenters. The predicted octanol–water partition coefficient (Wildman–Crippen LogP) is 2.74. The van der Waals surface area contributed by atoms with Gasteiger partial charge in [0.1, 0.15) is 0 Å². The minimum absolute atomic E-state index is 0. The number of rotatable bonds is 2. The van der Waals surface area contributed by atoms with Gasteiger partial charge in [0.15, 0.2) is 0 Å². The van der Waals surface area contributed by atoms with Crippen molar-refractivity contribution in [3.05, 3.63) is 0 Å². The van der Waals surface area contributed by atoms with Crippen molar-refractivity contribution in [2.75, 3.05) is 0 Å². The van der Waals surface area contributed by atoms with E-state index in [4.69, 9.17) is 0 Å². The standard InChI is InChI=1S/C5H9F3.Cr/c1-2-3-4-5(6,7)8;/h2-4H2,1H3;. The molecule has 0 heterocycles. The van der Waals surface area contributed by atoms with E-state index < -0.39 is 12.6 Å². The van der Waals surface area contributed by atoms with Crippen LogP contribution in [0.2, 0.25) is 0 Å². The summed E-state index contributed by atoms with van der Waals surface area (Å²) >= 11 is 0. The van der Waals surface area contributed by atoms with E-state index in [1.165, 1.54) is 0 Å². The smallest absolute Gasteiger partial charge is 0.171 e. The van der Waals surface area contributed by atoms with Crippen LogP contribution in [0, 0.1) is 0 Å². The summed E-state index contributed by atoms with van der Waals surface area (Å²) in [5, 5.41) is 0. The van der Waals surface area contributed by atoms with E-state index in [0.717, 1.165) is 0 Å². The molecule has 0 aromatic carbocycles. The van der Waals surface area contributed by atoms with Crippen molar-refractivity contribution in [2.24, 2.45) is 0 Å². The molecule has 0 rings (SSSR count). The first kappa shape index (κ1) is 12.0. The van der Waals surface area contributed by atoms with Crippen LogP contribution in [0.3, 0.4) is 0 Å². The van der Waals surface area contributed by atoms with Crippen molar-refractivity contribution >= 4 is 0 Å². The Bertz CT molecular complexity index is 59.7. The molecule has 0 saturated heterocycles. The molecule has 0 N–H and O–H groups in total. The maximum absolute atomic E-state index is 11.2. The van der Waals surface area contributed by atoms with Gasteiger partial charge in [0.25, 0.3) is 0 Å². The summed E-state index contributed by atoms with van der Waals surface area (Å²) in [6, 6.07) is 0. The van der Waals surface area contributed by atoms with E-state index in [2.05, 4.69) is 0 Å². The molecule has 0 aliphatic carbocycles. The average molecular weight is 178 g/mol. The summed E-state index contributed by atoms with van der Waals surface area (Å²) in [6.07, 6.45) is -3.72. The Morgan fingerprint density at radius 3 is 1.78 bits per heavy atom. The summed E-state index contributed by atoms with van der Waals surface area (Å²) in [5.74, 6) is 0. The molecule has 0 saturated carbocycles. The first-order chi connectivity index (χ1) is 3.56. The normalized spacial score (nSPS) is 10.7. The van der Waals surface area contributed by atoms with E-state index in [1.807, 2.05) is 0 Å². The van der Waals surface area contributed by atoms with Crippen LogP contribution in [-0.4, -0.2) is 6.18 Å². The van der Waals surface area contributed by atoms with Gasteiger partial charge in [-0.25, -0.2) is 0 Å². The van der Waals surface area contributed by atoms with Crippen LogP contribution in [0.5, 0.6) is 0 Å². The predicted molar refractivity (Wildman–Crippen MR) is 25.6 cm³/mol. The zero-order valence-electron chi connectivity index (χ0n) is 5.16. The van der Waals surface area contributed by atoms with Crippen molar-refractivity contribution in [1.29, 1.82) is 0 Å². The molecular formula is C5H9CrF3. The van der Waals surface area contributed by atoms with E-state index in [9.17, 15) is 13.2 Å². The molecule has 0 aliphatic rings. The third-order valence-corrected chi connectivity index (χ3v) is 0.814. The largest absolute Gasteiger partial charge is 0.389 e. The summed E-state index contributed by atoms with van der Waals surface area (Å²) in [6.45, 7) is 1.74. The molecule has 0 atom stereocenters. The summed E-state index contributed by atoms with van der Waals surface area (Å²) in [4.78, 5) is 0. The second-order valence-electron chi connectivity index (χ2n) is 1.72. The summed E-state index contributed by atoms with van der Waals surface area (Å²) in [7, 11) is 0. The Kier molecular flexibility index (Phi) is 6.87. The maximum atomic E-state index is 11.2. The molecule has 0 aromatic rings. The third kappa shape index (κ3) is 11.7. The van der Waals surface area contributed by atoms with Crippen molar-refractivity contribution in [3.63, 3.8) is 0 Å². The first-order valence-corrected chi connectivity index (χ1v) is 2.63. The average Bonchev–Trinajstić information content (AvgIpc) is 1.59. The van der Waals surface area contributed by atoms with Gasteiger partial charge < -0.3 is 0 Å². The fourth-order valence-electron chi connectivity index (χ4n) is 0.377. The number of alkyl halides is 3. The number of unbranched alkanes of at least 4 members (excludes halogenated alkanes) is 1. The van der Waals surface area contributed by atoms with Gasteiger partial charge in [-0.05, 0) is 6.42 Å². The molecule has 0 spiro atoms. The van der Waals surface area contributed by atoms with Crippen LogP contribution < -0.4 is 0 Å². The fraction of sp³-hybridized carbons (Fsp3) is 1.00. The Balaban J connectivity index is 0. The zero-order chi connectivity index (χ0) is 6.62. The minimum atomic E-state index is -3.95. The second-order valence-corrected chi connectivity index (χ2v) is 1.72. The van der Waals surface area contributed by atoms with Crippen LogP contribution in [0.4, 0.5) is 13.2 Å². The van der Waals surface area contributed by atoms with Crippen molar-refractivity contribution in [1.82, 2.24) is 0 Å². The van der Waals surface area contributed by atoms with Gasteiger partial charge in [0.2, 0.25) is 0 Å². The van der Waals surface area contributed by atoms with E-state index in [0.29, 0.717) is 6.42 Å². The van der Waals surface area contributed by atoms with E-state index >= 15 is 0 Å². The van der Waals surface area contributed by atoms with Crippen LogP contribution in [0.25, 0.3) is 0 Å². The minimum Gasteiger partial charge on any atom is -0.171 e. The molecular weight excluding hydrogens is 169 g/mol. The Labute approximate surface area is 63.6 Å². The quantitative estimate of drug-likeness (QED) is 0.609. The molecule has 0 fully saturated rings. The fourth-order valence-corrected chi connectivity index (χ4v) is 0.377. The summed E-state index contributed by atoms with van der Waals surface area (Å²) < 4.78 is 33.7. The molecule has 0 radical (unpaired) electrons. The number of hydrogen-bond donors (Lipinski definition) is 0. The number of halogens is 3. The van der Waals surface area contributed by atoms with Crippen LogP contribution in [0.15, 0.2) is 0 Å². The topological polar surface area (TPSA) is 0 Å². The maximum Gasteiger partial charge on any atom is 0.389 e. The SMILES string of the molecule is CCCCC(F)(F)F.[Cr]. The van der Waals surface area contributed by atoms with Gasteiger partial charge in [0, 0.05) is 23.8 Å². The van der Waals surface area contributed by atoms with Gasteiger partial charge in [-0.1, -0.05) is 13.3 Å². The monoisotopic (exact) mass is 178 g/mol. The van der Waals surface area contributed by atoms with E-state index in [-0.39, 0.29) is 23.8 Å². The molecule has 0 amide bonds. The van der Waals surface area contributed by atoms with Crippen LogP contribution in [0.1, 0.15) is 26.2 Å².